The van der Waals surface area contributed by atoms with Crippen molar-refractivity contribution in [3.05, 3.63) is 59.2 Å². The molecule has 1 saturated heterocycles. The van der Waals surface area contributed by atoms with Crippen molar-refractivity contribution < 1.29 is 19.5 Å². The van der Waals surface area contributed by atoms with Crippen LogP contribution in [0, 0.1) is 6.92 Å². The van der Waals surface area contributed by atoms with Gasteiger partial charge in [0, 0.05) is 5.69 Å². The maximum absolute atomic E-state index is 13.0. The first kappa shape index (κ1) is 21.4. The number of carbonyl (C=O) groups excluding carboxylic acids is 3. The Hall–Kier alpha value is -3.35. The van der Waals surface area contributed by atoms with E-state index in [1.807, 2.05) is 24.3 Å². The molecule has 30 heavy (non-hydrogen) atoms. The average Bonchev–Trinajstić information content (AvgIpc) is 2.87. The van der Waals surface area contributed by atoms with Crippen molar-refractivity contribution in [2.24, 2.45) is 0 Å². The van der Waals surface area contributed by atoms with E-state index in [2.05, 4.69) is 31.4 Å². The molecule has 1 atom stereocenters. The first-order chi connectivity index (χ1) is 13.9. The predicted molar refractivity (Wildman–Crippen MR) is 114 cm³/mol. The van der Waals surface area contributed by atoms with Gasteiger partial charge in [-0.1, -0.05) is 45.0 Å². The zero-order chi connectivity index (χ0) is 22.3. The molecule has 1 aliphatic heterocycles. The van der Waals surface area contributed by atoms with Crippen molar-refractivity contribution in [2.45, 2.75) is 45.6 Å². The summed E-state index contributed by atoms with van der Waals surface area (Å²) in [6, 6.07) is 11.5. The monoisotopic (exact) mass is 409 g/mol. The zero-order valence-electron chi connectivity index (χ0n) is 17.9. The lowest BCUT2D eigenvalue weighted by molar-refractivity contribution is -0.133. The van der Waals surface area contributed by atoms with E-state index in [4.69, 9.17) is 0 Å². The second-order valence-electron chi connectivity index (χ2n) is 8.82. The van der Waals surface area contributed by atoms with Crippen LogP contribution in [0.1, 0.15) is 44.4 Å². The van der Waals surface area contributed by atoms with Gasteiger partial charge in [-0.25, -0.2) is 4.79 Å². The molecule has 4 amide bonds. The molecule has 1 heterocycles. The van der Waals surface area contributed by atoms with Crippen LogP contribution in [0.3, 0.4) is 0 Å². The van der Waals surface area contributed by atoms with Gasteiger partial charge in [0.2, 0.25) is 5.91 Å². The highest BCUT2D eigenvalue weighted by Crippen LogP contribution is 2.31. The number of imide groups is 1. The fourth-order valence-corrected chi connectivity index (χ4v) is 3.46. The van der Waals surface area contributed by atoms with Crippen LogP contribution < -0.4 is 10.6 Å². The first-order valence-corrected chi connectivity index (χ1v) is 9.76. The maximum Gasteiger partial charge on any atom is 0.325 e. The van der Waals surface area contributed by atoms with E-state index in [1.165, 1.54) is 12.1 Å². The minimum Gasteiger partial charge on any atom is -0.508 e. The number of rotatable bonds is 4. The Morgan fingerprint density at radius 3 is 2.33 bits per heavy atom. The number of hydrogen-bond acceptors (Lipinski definition) is 4. The molecule has 3 rings (SSSR count). The molecule has 1 aliphatic rings. The molecule has 0 saturated carbocycles. The van der Waals surface area contributed by atoms with Gasteiger partial charge in [-0.15, -0.1) is 0 Å². The number of nitrogens with zero attached hydrogens (tertiary/aromatic N) is 1. The highest BCUT2D eigenvalue weighted by molar-refractivity contribution is 6.10. The van der Waals surface area contributed by atoms with Crippen LogP contribution in [0.5, 0.6) is 5.75 Å². The van der Waals surface area contributed by atoms with Crippen LogP contribution in [0.4, 0.5) is 10.5 Å². The Morgan fingerprint density at radius 1 is 1.13 bits per heavy atom. The summed E-state index contributed by atoms with van der Waals surface area (Å²) in [5.41, 5.74) is 1.69. The van der Waals surface area contributed by atoms with E-state index in [-0.39, 0.29) is 11.2 Å². The highest BCUT2D eigenvalue weighted by atomic mass is 16.3. The summed E-state index contributed by atoms with van der Waals surface area (Å²) in [7, 11) is 0. The fraction of sp³-hybridized carbons (Fsp3) is 0.348. The molecule has 3 N–H and O–H groups in total. The third kappa shape index (κ3) is 4.01. The SMILES string of the molecule is Cc1cc(O)ccc1NC(=O)CN1C(=O)NC(C)(c2ccc(C(C)(C)C)cc2)C1=O. The smallest absolute Gasteiger partial charge is 0.325 e. The number of phenolic OH excluding ortho intramolecular Hbond substituents is 1. The molecule has 0 aliphatic carbocycles. The van der Waals surface area contributed by atoms with E-state index in [0.717, 1.165) is 10.5 Å². The molecule has 0 bridgehead atoms. The minimum absolute atomic E-state index is 0.0289. The summed E-state index contributed by atoms with van der Waals surface area (Å²) in [5.74, 6) is -0.888. The minimum atomic E-state index is -1.23. The summed E-state index contributed by atoms with van der Waals surface area (Å²) in [4.78, 5) is 38.9. The second kappa shape index (κ2) is 7.48. The summed E-state index contributed by atoms with van der Waals surface area (Å²) in [5, 5.41) is 14.9. The number of amides is 4. The number of hydrogen-bond donors (Lipinski definition) is 3. The van der Waals surface area contributed by atoms with Gasteiger partial charge >= 0.3 is 6.03 Å². The van der Waals surface area contributed by atoms with Crippen molar-refractivity contribution in [1.29, 1.82) is 0 Å². The number of anilines is 1. The highest BCUT2D eigenvalue weighted by Gasteiger charge is 2.49. The Bertz CT molecular complexity index is 1010. The second-order valence-corrected chi connectivity index (χ2v) is 8.82. The molecule has 158 valence electrons. The van der Waals surface area contributed by atoms with Gasteiger partial charge in [-0.2, -0.15) is 0 Å². The predicted octanol–water partition coefficient (Wildman–Crippen LogP) is 3.40. The Morgan fingerprint density at radius 2 is 1.77 bits per heavy atom. The first-order valence-electron chi connectivity index (χ1n) is 9.76. The molecule has 7 heteroatoms. The lowest BCUT2D eigenvalue weighted by Crippen LogP contribution is -2.42. The number of urea groups is 1. The lowest BCUT2D eigenvalue weighted by atomic mass is 9.84. The van der Waals surface area contributed by atoms with Crippen molar-refractivity contribution in [3.63, 3.8) is 0 Å². The van der Waals surface area contributed by atoms with Crippen LogP contribution in [0.25, 0.3) is 0 Å². The largest absolute Gasteiger partial charge is 0.508 e. The van der Waals surface area contributed by atoms with Gasteiger partial charge in [-0.05, 0) is 54.2 Å². The summed E-state index contributed by atoms with van der Waals surface area (Å²) >= 11 is 0. The quantitative estimate of drug-likeness (QED) is 0.532. The van der Waals surface area contributed by atoms with Gasteiger partial charge in [-0.3, -0.25) is 14.5 Å². The van der Waals surface area contributed by atoms with Gasteiger partial charge in [0.1, 0.15) is 17.8 Å². The van der Waals surface area contributed by atoms with Gasteiger partial charge in [0.25, 0.3) is 5.91 Å². The summed E-state index contributed by atoms with van der Waals surface area (Å²) in [6.45, 7) is 9.27. The maximum atomic E-state index is 13.0. The Labute approximate surface area is 176 Å². The third-order valence-corrected chi connectivity index (χ3v) is 5.39. The molecule has 2 aromatic carbocycles. The molecule has 1 fully saturated rings. The molecule has 2 aromatic rings. The molecule has 0 spiro atoms. The molecule has 0 aromatic heterocycles. The lowest BCUT2D eigenvalue weighted by Gasteiger charge is -2.24. The van der Waals surface area contributed by atoms with Gasteiger partial charge in [0.05, 0.1) is 0 Å². The van der Waals surface area contributed by atoms with Crippen LogP contribution in [-0.4, -0.2) is 34.4 Å². The molecular formula is C23H27N3O4. The van der Waals surface area contributed by atoms with Crippen molar-refractivity contribution >= 4 is 23.5 Å². The van der Waals surface area contributed by atoms with Crippen molar-refractivity contribution in [1.82, 2.24) is 10.2 Å². The number of nitrogens with one attached hydrogen (secondary N) is 2. The van der Waals surface area contributed by atoms with Gasteiger partial charge < -0.3 is 15.7 Å². The van der Waals surface area contributed by atoms with E-state index in [9.17, 15) is 19.5 Å². The standard InChI is InChI=1S/C23H27N3O4/c1-14-12-17(27)10-11-18(14)24-19(28)13-26-20(29)23(5,25-21(26)30)16-8-6-15(7-9-16)22(2,3)4/h6-12,27H,13H2,1-5H3,(H,24,28)(H,25,30). The van der Waals surface area contributed by atoms with Crippen LogP contribution in [0.2, 0.25) is 0 Å². The fourth-order valence-electron chi connectivity index (χ4n) is 3.46. The van der Waals surface area contributed by atoms with E-state index in [0.29, 0.717) is 16.8 Å². The Balaban J connectivity index is 1.76. The van der Waals surface area contributed by atoms with Crippen LogP contribution in [-0.2, 0) is 20.5 Å². The van der Waals surface area contributed by atoms with Crippen LogP contribution >= 0.6 is 0 Å². The topological polar surface area (TPSA) is 98.7 Å². The van der Waals surface area contributed by atoms with Crippen molar-refractivity contribution in [3.8, 4) is 5.75 Å². The average molecular weight is 409 g/mol. The summed E-state index contributed by atoms with van der Waals surface area (Å²) in [6.07, 6.45) is 0. The number of benzene rings is 2. The zero-order valence-corrected chi connectivity index (χ0v) is 17.9. The summed E-state index contributed by atoms with van der Waals surface area (Å²) < 4.78 is 0. The Kier molecular flexibility index (Phi) is 5.33. The number of phenols is 1. The van der Waals surface area contributed by atoms with E-state index in [1.54, 1.807) is 19.9 Å². The van der Waals surface area contributed by atoms with Gasteiger partial charge in [0.15, 0.2) is 0 Å². The molecule has 0 radical (unpaired) electrons. The number of aryl methyl sites for hydroxylation is 1. The van der Waals surface area contributed by atoms with E-state index >= 15 is 0 Å². The molecule has 7 nitrogen and oxygen atoms in total. The van der Waals surface area contributed by atoms with Crippen molar-refractivity contribution in [2.75, 3.05) is 11.9 Å². The number of carbonyl (C=O) groups is 3. The third-order valence-electron chi connectivity index (χ3n) is 5.39. The van der Waals surface area contributed by atoms with Crippen LogP contribution in [0.15, 0.2) is 42.5 Å². The molecule has 1 unspecified atom stereocenters. The molecular weight excluding hydrogens is 382 g/mol. The normalized spacial score (nSPS) is 19.0. The number of aromatic hydroxyl groups is 1. The van der Waals surface area contributed by atoms with E-state index < -0.39 is 29.9 Å².